The molecule has 5 rings (SSSR count). The van der Waals surface area contributed by atoms with Gasteiger partial charge in [-0.25, -0.2) is 4.98 Å². The van der Waals surface area contributed by atoms with Gasteiger partial charge in [0.25, 0.3) is 0 Å². The van der Waals surface area contributed by atoms with Crippen LogP contribution in [0, 0.1) is 6.92 Å². The molecule has 0 aliphatic carbocycles. The summed E-state index contributed by atoms with van der Waals surface area (Å²) >= 11 is 1.39. The monoisotopic (exact) mass is 486 g/mol. The number of aromatic nitrogens is 2. The van der Waals surface area contributed by atoms with E-state index in [1.807, 2.05) is 83.1 Å². The Morgan fingerprint density at radius 1 is 1.03 bits per heavy atom. The largest absolute Gasteiger partial charge is 0.378 e. The number of pyridine rings is 2. The van der Waals surface area contributed by atoms with Crippen molar-refractivity contribution in [3.05, 3.63) is 88.7 Å². The number of rotatable bonds is 6. The van der Waals surface area contributed by atoms with Gasteiger partial charge < -0.3 is 15.0 Å². The number of ether oxygens (including phenoxy) is 1. The van der Waals surface area contributed by atoms with Crippen molar-refractivity contribution in [2.45, 2.75) is 11.8 Å². The molecule has 1 saturated heterocycles. The van der Waals surface area contributed by atoms with E-state index in [1.54, 1.807) is 6.07 Å². The molecule has 1 aliphatic rings. The Bertz CT molecular complexity index is 1400. The maximum absolute atomic E-state index is 13.4. The van der Waals surface area contributed by atoms with Crippen LogP contribution >= 0.6 is 11.8 Å². The van der Waals surface area contributed by atoms with Crippen LogP contribution in [0.1, 0.15) is 5.69 Å². The van der Waals surface area contributed by atoms with Crippen LogP contribution in [0.25, 0.3) is 16.7 Å². The highest BCUT2D eigenvalue weighted by Crippen LogP contribution is 2.30. The summed E-state index contributed by atoms with van der Waals surface area (Å²) in [5, 5.41) is 3.89. The maximum atomic E-state index is 13.4. The van der Waals surface area contributed by atoms with Crippen LogP contribution in [0.4, 0.5) is 11.5 Å². The third-order valence-corrected chi connectivity index (χ3v) is 6.86. The summed E-state index contributed by atoms with van der Waals surface area (Å²) in [6.07, 6.45) is 0. The number of morpholine rings is 1. The van der Waals surface area contributed by atoms with Gasteiger partial charge in [0.1, 0.15) is 5.82 Å². The summed E-state index contributed by atoms with van der Waals surface area (Å²) in [7, 11) is 0. The molecule has 0 spiro atoms. The first kappa shape index (κ1) is 23.1. The summed E-state index contributed by atoms with van der Waals surface area (Å²) in [4.78, 5) is 33.6. The molecule has 178 valence electrons. The summed E-state index contributed by atoms with van der Waals surface area (Å²) in [6.45, 7) is 4.24. The lowest BCUT2D eigenvalue weighted by atomic mass is 10.2. The fraction of sp³-hybridized carbons (Fsp3) is 0.222. The first-order chi connectivity index (χ1) is 17.1. The molecule has 7 nitrogen and oxygen atoms in total. The number of carbonyl (C=O) groups excluding carboxylic acids is 1. The molecule has 8 heteroatoms. The fourth-order valence-corrected chi connectivity index (χ4v) is 5.20. The summed E-state index contributed by atoms with van der Waals surface area (Å²) in [5.74, 6) is 0.929. The lowest BCUT2D eigenvalue weighted by Crippen LogP contribution is -2.41. The molecule has 1 fully saturated rings. The van der Waals surface area contributed by atoms with E-state index < -0.39 is 0 Å². The van der Waals surface area contributed by atoms with Gasteiger partial charge in [0.15, 0.2) is 11.1 Å². The Hall–Kier alpha value is -3.62. The third-order valence-electron chi connectivity index (χ3n) is 5.83. The molecule has 0 unspecified atom stereocenters. The number of aryl methyl sites for hydroxylation is 1. The average molecular weight is 487 g/mol. The molecular weight excluding hydrogens is 460 g/mol. The van der Waals surface area contributed by atoms with E-state index in [4.69, 9.17) is 9.72 Å². The molecule has 1 N–H and O–H groups in total. The van der Waals surface area contributed by atoms with Gasteiger partial charge >= 0.3 is 0 Å². The quantitative estimate of drug-likeness (QED) is 0.408. The number of hydrogen-bond donors (Lipinski definition) is 1. The van der Waals surface area contributed by atoms with E-state index in [0.717, 1.165) is 22.0 Å². The highest BCUT2D eigenvalue weighted by atomic mass is 32.2. The van der Waals surface area contributed by atoms with Crippen LogP contribution in [0.15, 0.2) is 82.5 Å². The van der Waals surface area contributed by atoms with Crippen LogP contribution in [-0.2, 0) is 9.53 Å². The fourth-order valence-electron chi connectivity index (χ4n) is 4.15. The number of fused-ring (bicyclic) bond motifs is 1. The lowest BCUT2D eigenvalue weighted by molar-refractivity contribution is -0.132. The molecule has 4 aromatic rings. The normalized spacial score (nSPS) is 13.7. The van der Waals surface area contributed by atoms with E-state index in [-0.39, 0.29) is 17.1 Å². The van der Waals surface area contributed by atoms with Crippen molar-refractivity contribution in [3.8, 4) is 5.69 Å². The number of hydrogen-bond acceptors (Lipinski definition) is 6. The molecule has 0 saturated carbocycles. The van der Waals surface area contributed by atoms with Crippen LogP contribution in [-0.4, -0.2) is 52.4 Å². The number of carbonyl (C=O) groups is 1. The van der Waals surface area contributed by atoms with Crippen LogP contribution in [0.2, 0.25) is 0 Å². The predicted octanol–water partition coefficient (Wildman–Crippen LogP) is 4.39. The van der Waals surface area contributed by atoms with E-state index in [1.165, 1.54) is 11.8 Å². The predicted molar refractivity (Wildman–Crippen MR) is 140 cm³/mol. The van der Waals surface area contributed by atoms with Crippen LogP contribution in [0.5, 0.6) is 0 Å². The summed E-state index contributed by atoms with van der Waals surface area (Å²) in [6, 6.07) is 23.1. The minimum absolute atomic E-state index is 0.0478. The van der Waals surface area contributed by atoms with Gasteiger partial charge in [-0.3, -0.25) is 14.2 Å². The smallest absolute Gasteiger partial charge is 0.233 e. The zero-order chi connectivity index (χ0) is 24.2. The van der Waals surface area contributed by atoms with Gasteiger partial charge in [0.05, 0.1) is 24.4 Å². The van der Waals surface area contributed by atoms with Crippen LogP contribution < -0.4 is 10.7 Å². The van der Waals surface area contributed by atoms with Crippen molar-refractivity contribution in [1.29, 1.82) is 0 Å². The molecule has 0 atom stereocenters. The molecule has 3 heterocycles. The Labute approximate surface area is 207 Å². The number of nitrogens with one attached hydrogen (secondary N) is 1. The SMILES string of the molecule is Cc1cc(SCC(=O)N2CCOCC2)c2c(=O)cc(Nc3ccccc3)n(-c3ccccc3)c2n1. The topological polar surface area (TPSA) is 76.5 Å². The second kappa shape index (κ2) is 10.3. The molecule has 2 aromatic heterocycles. The highest BCUT2D eigenvalue weighted by Gasteiger charge is 2.20. The first-order valence-electron chi connectivity index (χ1n) is 11.5. The second-order valence-corrected chi connectivity index (χ2v) is 9.32. The van der Waals surface area contributed by atoms with Crippen molar-refractivity contribution in [3.63, 3.8) is 0 Å². The molecule has 2 aromatic carbocycles. The van der Waals surface area contributed by atoms with Crippen molar-refractivity contribution >= 4 is 40.2 Å². The average Bonchev–Trinajstić information content (AvgIpc) is 2.88. The molecule has 0 bridgehead atoms. The van der Waals surface area contributed by atoms with Gasteiger partial charge in [-0.15, -0.1) is 11.8 Å². The minimum atomic E-state index is -0.139. The number of amides is 1. The van der Waals surface area contributed by atoms with E-state index in [2.05, 4.69) is 5.32 Å². The molecule has 0 radical (unpaired) electrons. The highest BCUT2D eigenvalue weighted by molar-refractivity contribution is 8.00. The second-order valence-electron chi connectivity index (χ2n) is 8.30. The number of nitrogens with zero attached hydrogens (tertiary/aromatic N) is 3. The zero-order valence-electron chi connectivity index (χ0n) is 19.4. The van der Waals surface area contributed by atoms with Gasteiger partial charge in [0.2, 0.25) is 5.91 Å². The van der Waals surface area contributed by atoms with Gasteiger partial charge in [-0.2, -0.15) is 0 Å². The molecular formula is C27H26N4O3S. The Morgan fingerprint density at radius 3 is 2.43 bits per heavy atom. The van der Waals surface area contributed by atoms with E-state index in [9.17, 15) is 9.59 Å². The Balaban J connectivity index is 1.60. The number of benzene rings is 2. The minimum Gasteiger partial charge on any atom is -0.378 e. The number of thioether (sulfide) groups is 1. The van der Waals surface area contributed by atoms with Gasteiger partial charge in [-0.05, 0) is 37.3 Å². The molecule has 1 aliphatic heterocycles. The zero-order valence-corrected chi connectivity index (χ0v) is 20.3. The Morgan fingerprint density at radius 2 is 1.71 bits per heavy atom. The molecule has 1 amide bonds. The Kier molecular flexibility index (Phi) is 6.83. The standard InChI is InChI=1S/C27H26N4O3S/c1-19-16-23(35-18-25(33)30-12-14-34-15-13-30)26-22(32)17-24(29-20-8-4-2-5-9-20)31(27(26)28-19)21-10-6-3-7-11-21/h2-11,16-17,29H,12-15,18H2,1H3. The van der Waals surface area contributed by atoms with Crippen molar-refractivity contribution < 1.29 is 9.53 Å². The van der Waals surface area contributed by atoms with E-state index >= 15 is 0 Å². The van der Waals surface area contributed by atoms with Crippen LogP contribution in [0.3, 0.4) is 0 Å². The van der Waals surface area contributed by atoms with Crippen molar-refractivity contribution in [2.24, 2.45) is 0 Å². The maximum Gasteiger partial charge on any atom is 0.233 e. The molecule has 35 heavy (non-hydrogen) atoms. The van der Waals surface area contributed by atoms with E-state index in [0.29, 0.717) is 43.2 Å². The van der Waals surface area contributed by atoms with Crippen molar-refractivity contribution in [1.82, 2.24) is 14.5 Å². The lowest BCUT2D eigenvalue weighted by Gasteiger charge is -2.26. The summed E-state index contributed by atoms with van der Waals surface area (Å²) < 4.78 is 7.31. The summed E-state index contributed by atoms with van der Waals surface area (Å²) in [5.41, 5.74) is 2.95. The number of para-hydroxylation sites is 2. The first-order valence-corrected chi connectivity index (χ1v) is 12.5. The van der Waals surface area contributed by atoms with Crippen molar-refractivity contribution in [2.75, 3.05) is 37.4 Å². The van der Waals surface area contributed by atoms with Gasteiger partial charge in [-0.1, -0.05) is 36.4 Å². The number of anilines is 2. The van der Waals surface area contributed by atoms with Gasteiger partial charge in [0, 0.05) is 41.1 Å². The third kappa shape index (κ3) is 5.08.